The standard InChI is InChI=1S/C25H29ClN8O2/c1-15(35)33-10-6-16(7-11-33)8-12-34-21(29-22-23(27)30-25(26)31-24(22)34)14-17-13-18(36-2)3-4-19(17)20-5-9-28-32-20/h3-5,9,13,16H,6-8,10-12,14H2,1-2H3,(H,28,32)(H2,27,30,31). The summed E-state index contributed by atoms with van der Waals surface area (Å²) in [6.07, 6.45) is 5.17. The minimum atomic E-state index is 0.0991. The number of carbonyl (C=O) groups is 1. The molecule has 1 aliphatic heterocycles. The Bertz CT molecular complexity index is 1380. The number of hydrogen-bond donors (Lipinski definition) is 2. The first-order valence-electron chi connectivity index (χ1n) is 12.0. The van der Waals surface area contributed by atoms with Crippen molar-refractivity contribution < 1.29 is 9.53 Å². The summed E-state index contributed by atoms with van der Waals surface area (Å²) in [6.45, 7) is 3.95. The van der Waals surface area contributed by atoms with Gasteiger partial charge in [-0.05, 0) is 66.6 Å². The van der Waals surface area contributed by atoms with Crippen molar-refractivity contribution in [3.05, 3.63) is 47.1 Å². The lowest BCUT2D eigenvalue weighted by atomic mass is 9.93. The monoisotopic (exact) mass is 508 g/mol. The van der Waals surface area contributed by atoms with E-state index in [2.05, 4.69) is 24.7 Å². The second kappa shape index (κ2) is 10.1. The van der Waals surface area contributed by atoms with Gasteiger partial charge in [0.15, 0.2) is 17.0 Å². The summed E-state index contributed by atoms with van der Waals surface area (Å²) in [5.74, 6) is 2.50. The number of nitrogen functional groups attached to an aromatic ring is 1. The van der Waals surface area contributed by atoms with E-state index < -0.39 is 0 Å². The molecule has 3 aromatic heterocycles. The van der Waals surface area contributed by atoms with Crippen molar-refractivity contribution in [3.63, 3.8) is 0 Å². The molecule has 4 aromatic rings. The molecule has 0 atom stereocenters. The van der Waals surface area contributed by atoms with Crippen LogP contribution in [0.15, 0.2) is 30.5 Å². The number of nitrogens with one attached hydrogen (secondary N) is 1. The minimum Gasteiger partial charge on any atom is -0.497 e. The number of carbonyl (C=O) groups excluding carboxylic acids is 1. The van der Waals surface area contributed by atoms with Crippen LogP contribution in [-0.2, 0) is 17.8 Å². The molecule has 0 bridgehead atoms. The molecular formula is C25H29ClN8O2. The van der Waals surface area contributed by atoms with Gasteiger partial charge in [0.2, 0.25) is 11.2 Å². The molecular weight excluding hydrogens is 480 g/mol. The summed E-state index contributed by atoms with van der Waals surface area (Å²) < 4.78 is 7.60. The third-order valence-corrected chi connectivity index (χ3v) is 7.12. The van der Waals surface area contributed by atoms with Crippen LogP contribution in [0, 0.1) is 5.92 Å². The van der Waals surface area contributed by atoms with E-state index in [4.69, 9.17) is 27.1 Å². The lowest BCUT2D eigenvalue weighted by Crippen LogP contribution is -2.37. The molecule has 0 radical (unpaired) electrons. The molecule has 1 saturated heterocycles. The fourth-order valence-electron chi connectivity index (χ4n) is 4.94. The number of anilines is 1. The highest BCUT2D eigenvalue weighted by atomic mass is 35.5. The minimum absolute atomic E-state index is 0.0991. The van der Waals surface area contributed by atoms with Gasteiger partial charge in [0.1, 0.15) is 11.6 Å². The van der Waals surface area contributed by atoms with Gasteiger partial charge in [-0.25, -0.2) is 4.98 Å². The topological polar surface area (TPSA) is 128 Å². The molecule has 5 rings (SSSR count). The Morgan fingerprint density at radius 1 is 1.22 bits per heavy atom. The molecule has 4 heterocycles. The normalized spacial score (nSPS) is 14.5. The molecule has 188 valence electrons. The second-order valence-electron chi connectivity index (χ2n) is 9.14. The van der Waals surface area contributed by atoms with Crippen molar-refractivity contribution in [2.75, 3.05) is 25.9 Å². The van der Waals surface area contributed by atoms with Crippen LogP contribution in [0.1, 0.15) is 37.6 Å². The number of ether oxygens (including phenoxy) is 1. The number of piperidine rings is 1. The lowest BCUT2D eigenvalue weighted by Gasteiger charge is -2.31. The number of imidazole rings is 1. The number of fused-ring (bicyclic) bond motifs is 1. The number of hydrogen-bond acceptors (Lipinski definition) is 7. The fraction of sp³-hybridized carbons (Fsp3) is 0.400. The van der Waals surface area contributed by atoms with Crippen LogP contribution in [0.4, 0.5) is 5.82 Å². The fourth-order valence-corrected chi connectivity index (χ4v) is 5.11. The number of nitrogens with two attached hydrogens (primary N) is 1. The third kappa shape index (κ3) is 4.86. The average Bonchev–Trinajstić information content (AvgIpc) is 3.52. The number of H-pyrrole nitrogens is 1. The summed E-state index contributed by atoms with van der Waals surface area (Å²) in [4.78, 5) is 27.1. The third-order valence-electron chi connectivity index (χ3n) is 6.95. The van der Waals surface area contributed by atoms with E-state index in [0.29, 0.717) is 30.0 Å². The molecule has 11 heteroatoms. The quantitative estimate of drug-likeness (QED) is 0.364. The van der Waals surface area contributed by atoms with E-state index in [1.807, 2.05) is 29.2 Å². The number of aromatic amines is 1. The Morgan fingerprint density at radius 3 is 2.72 bits per heavy atom. The SMILES string of the molecule is COc1ccc(-c2ccn[nH]2)c(Cc2nc3c(N)nc(Cl)nc3n2CCC2CCN(C(C)=O)CC2)c1. The van der Waals surface area contributed by atoms with Crippen molar-refractivity contribution >= 4 is 34.5 Å². The highest BCUT2D eigenvalue weighted by Crippen LogP contribution is 2.30. The first kappa shape index (κ1) is 24.1. The average molecular weight is 509 g/mol. The Kier molecular flexibility index (Phi) is 6.77. The smallest absolute Gasteiger partial charge is 0.226 e. The zero-order valence-electron chi connectivity index (χ0n) is 20.4. The predicted octanol–water partition coefficient (Wildman–Crippen LogP) is 3.70. The predicted molar refractivity (Wildman–Crippen MR) is 138 cm³/mol. The molecule has 1 amide bonds. The maximum absolute atomic E-state index is 11.7. The molecule has 10 nitrogen and oxygen atoms in total. The Morgan fingerprint density at radius 2 is 2.03 bits per heavy atom. The molecule has 0 spiro atoms. The summed E-state index contributed by atoms with van der Waals surface area (Å²) in [5, 5.41) is 7.26. The number of benzene rings is 1. The summed E-state index contributed by atoms with van der Waals surface area (Å²) in [7, 11) is 1.65. The van der Waals surface area contributed by atoms with Gasteiger partial charge < -0.3 is 19.9 Å². The number of methoxy groups -OCH3 is 1. The summed E-state index contributed by atoms with van der Waals surface area (Å²) in [5.41, 5.74) is 10.3. The lowest BCUT2D eigenvalue weighted by molar-refractivity contribution is -0.130. The second-order valence-corrected chi connectivity index (χ2v) is 9.48. The number of likely N-dealkylation sites (tertiary alicyclic amines) is 1. The Balaban J connectivity index is 1.48. The van der Waals surface area contributed by atoms with Gasteiger partial charge in [-0.1, -0.05) is 0 Å². The highest BCUT2D eigenvalue weighted by Gasteiger charge is 2.23. The number of amides is 1. The van der Waals surface area contributed by atoms with Crippen LogP contribution in [0.2, 0.25) is 5.28 Å². The number of aryl methyl sites for hydroxylation is 1. The molecule has 0 aliphatic carbocycles. The van der Waals surface area contributed by atoms with Crippen molar-refractivity contribution in [1.82, 2.24) is 34.6 Å². The Labute approximate surface area is 213 Å². The van der Waals surface area contributed by atoms with Crippen molar-refractivity contribution in [1.29, 1.82) is 0 Å². The number of halogens is 1. The van der Waals surface area contributed by atoms with Crippen molar-refractivity contribution in [2.24, 2.45) is 5.92 Å². The van der Waals surface area contributed by atoms with Gasteiger partial charge in [0.25, 0.3) is 0 Å². The summed E-state index contributed by atoms with van der Waals surface area (Å²) >= 11 is 6.18. The zero-order valence-corrected chi connectivity index (χ0v) is 21.1. The van der Waals surface area contributed by atoms with Crippen LogP contribution in [-0.4, -0.2) is 60.7 Å². The Hall–Kier alpha value is -3.66. The van der Waals surface area contributed by atoms with Crippen LogP contribution >= 0.6 is 11.6 Å². The molecule has 1 aromatic carbocycles. The van der Waals surface area contributed by atoms with E-state index in [0.717, 1.165) is 60.7 Å². The molecule has 1 aliphatic rings. The molecule has 3 N–H and O–H groups in total. The number of nitrogens with zero attached hydrogens (tertiary/aromatic N) is 6. The van der Waals surface area contributed by atoms with E-state index in [9.17, 15) is 4.79 Å². The zero-order chi connectivity index (χ0) is 25.2. The first-order chi connectivity index (χ1) is 17.4. The molecule has 1 fully saturated rings. The van der Waals surface area contributed by atoms with E-state index in [-0.39, 0.29) is 17.0 Å². The molecule has 0 unspecified atom stereocenters. The van der Waals surface area contributed by atoms with E-state index in [1.165, 1.54) is 0 Å². The number of aromatic nitrogens is 6. The molecule has 36 heavy (non-hydrogen) atoms. The highest BCUT2D eigenvalue weighted by molar-refractivity contribution is 6.28. The molecule has 0 saturated carbocycles. The van der Waals surface area contributed by atoms with Crippen LogP contribution in [0.3, 0.4) is 0 Å². The summed E-state index contributed by atoms with van der Waals surface area (Å²) in [6, 6.07) is 7.89. The van der Waals surface area contributed by atoms with Gasteiger partial charge in [0, 0.05) is 44.7 Å². The van der Waals surface area contributed by atoms with Gasteiger partial charge >= 0.3 is 0 Å². The maximum atomic E-state index is 11.7. The largest absolute Gasteiger partial charge is 0.497 e. The van der Waals surface area contributed by atoms with Crippen LogP contribution in [0.25, 0.3) is 22.4 Å². The van der Waals surface area contributed by atoms with Crippen LogP contribution < -0.4 is 10.5 Å². The number of rotatable bonds is 7. The van der Waals surface area contributed by atoms with Crippen LogP contribution in [0.5, 0.6) is 5.75 Å². The van der Waals surface area contributed by atoms with Gasteiger partial charge in [-0.15, -0.1) is 0 Å². The van der Waals surface area contributed by atoms with E-state index in [1.54, 1.807) is 20.2 Å². The van der Waals surface area contributed by atoms with Crippen molar-refractivity contribution in [3.8, 4) is 17.0 Å². The van der Waals surface area contributed by atoms with Gasteiger partial charge in [0.05, 0.1) is 12.8 Å². The maximum Gasteiger partial charge on any atom is 0.226 e. The van der Waals surface area contributed by atoms with Crippen molar-refractivity contribution in [2.45, 2.75) is 39.2 Å². The first-order valence-corrected chi connectivity index (χ1v) is 12.4. The van der Waals surface area contributed by atoms with Gasteiger partial charge in [-0.2, -0.15) is 15.1 Å². The van der Waals surface area contributed by atoms with Gasteiger partial charge in [-0.3, -0.25) is 9.89 Å². The van der Waals surface area contributed by atoms with E-state index >= 15 is 0 Å².